The van der Waals surface area contributed by atoms with Crippen LogP contribution in [-0.2, 0) is 0 Å². The first-order valence-electron chi connectivity index (χ1n) is 4.64. The van der Waals surface area contributed by atoms with Gasteiger partial charge < -0.3 is 4.74 Å². The van der Waals surface area contributed by atoms with Gasteiger partial charge in [-0.3, -0.25) is 0 Å². The van der Waals surface area contributed by atoms with Crippen molar-refractivity contribution >= 4 is 18.4 Å². The lowest BCUT2D eigenvalue weighted by molar-refractivity contribution is 0.0727. The molecule has 1 heterocycles. The van der Waals surface area contributed by atoms with Crippen LogP contribution < -0.4 is 4.74 Å². The molecule has 1 aromatic heterocycles. The Morgan fingerprint density at radius 2 is 2.00 bits per heavy atom. The van der Waals surface area contributed by atoms with Crippen LogP contribution in [0.25, 0.3) is 0 Å². The summed E-state index contributed by atoms with van der Waals surface area (Å²) < 4.78 is 17.8. The van der Waals surface area contributed by atoms with E-state index in [2.05, 4.69) is 4.98 Å². The van der Waals surface area contributed by atoms with Gasteiger partial charge in [-0.1, -0.05) is 12.1 Å². The summed E-state index contributed by atoms with van der Waals surface area (Å²) in [5, 5.41) is 0. The van der Waals surface area contributed by atoms with E-state index in [0.717, 1.165) is 6.07 Å². The molecule has 0 aliphatic rings. The molecule has 17 heavy (non-hydrogen) atoms. The van der Waals surface area contributed by atoms with Crippen LogP contribution in [0.1, 0.15) is 10.4 Å². The molecule has 0 bridgehead atoms. The molecule has 0 atom stereocenters. The van der Waals surface area contributed by atoms with Crippen molar-refractivity contribution in [2.24, 2.45) is 0 Å². The van der Waals surface area contributed by atoms with Crippen LogP contribution in [0, 0.1) is 5.82 Å². The van der Waals surface area contributed by atoms with Gasteiger partial charge in [0.05, 0.1) is 5.56 Å². The number of carbonyl (C=O) groups is 1. The lowest BCUT2D eigenvalue weighted by Gasteiger charge is -2.02. The zero-order valence-electron chi connectivity index (χ0n) is 8.67. The zero-order valence-corrected chi connectivity index (χ0v) is 9.49. The van der Waals surface area contributed by atoms with Gasteiger partial charge in [0.1, 0.15) is 5.82 Å². The highest BCUT2D eigenvalue weighted by Crippen LogP contribution is 2.09. The summed E-state index contributed by atoms with van der Waals surface area (Å²) in [6.07, 6.45) is 1.51. The van der Waals surface area contributed by atoms with Crippen molar-refractivity contribution in [3.63, 3.8) is 0 Å². The Kier molecular flexibility index (Phi) is 4.60. The minimum absolute atomic E-state index is 0. The van der Waals surface area contributed by atoms with Gasteiger partial charge in [-0.15, -0.1) is 12.4 Å². The summed E-state index contributed by atoms with van der Waals surface area (Å²) in [6, 6.07) is 10.3. The number of benzene rings is 1. The van der Waals surface area contributed by atoms with Gasteiger partial charge in [0.15, 0.2) is 0 Å². The molecule has 0 saturated carbocycles. The SMILES string of the molecule is Cl.O=C(Oc1ccccn1)c1cccc(F)c1. The molecular weight excluding hydrogens is 245 g/mol. The van der Waals surface area contributed by atoms with Gasteiger partial charge in [-0.25, -0.2) is 14.2 Å². The van der Waals surface area contributed by atoms with E-state index in [0.29, 0.717) is 0 Å². The Morgan fingerprint density at radius 3 is 2.65 bits per heavy atom. The van der Waals surface area contributed by atoms with Gasteiger partial charge in [0, 0.05) is 12.3 Å². The molecule has 3 nitrogen and oxygen atoms in total. The molecule has 2 aromatic rings. The van der Waals surface area contributed by atoms with Crippen LogP contribution in [0.5, 0.6) is 5.88 Å². The van der Waals surface area contributed by atoms with E-state index >= 15 is 0 Å². The zero-order chi connectivity index (χ0) is 11.4. The largest absolute Gasteiger partial charge is 0.404 e. The third kappa shape index (κ3) is 3.53. The first kappa shape index (κ1) is 13.1. The van der Waals surface area contributed by atoms with Crippen molar-refractivity contribution in [2.75, 3.05) is 0 Å². The molecule has 0 aliphatic carbocycles. The van der Waals surface area contributed by atoms with Crippen molar-refractivity contribution in [3.05, 3.63) is 60.0 Å². The van der Waals surface area contributed by atoms with E-state index < -0.39 is 11.8 Å². The van der Waals surface area contributed by atoms with Crippen molar-refractivity contribution in [2.45, 2.75) is 0 Å². The van der Waals surface area contributed by atoms with E-state index in [1.54, 1.807) is 18.2 Å². The van der Waals surface area contributed by atoms with Crippen molar-refractivity contribution in [3.8, 4) is 5.88 Å². The number of hydrogen-bond acceptors (Lipinski definition) is 3. The highest BCUT2D eigenvalue weighted by molar-refractivity contribution is 5.90. The number of carbonyl (C=O) groups excluding carboxylic acids is 1. The maximum absolute atomic E-state index is 12.8. The fourth-order valence-electron chi connectivity index (χ4n) is 1.18. The topological polar surface area (TPSA) is 39.2 Å². The summed E-state index contributed by atoms with van der Waals surface area (Å²) in [6.45, 7) is 0. The van der Waals surface area contributed by atoms with Crippen LogP contribution in [0.15, 0.2) is 48.7 Å². The number of rotatable bonds is 2. The number of nitrogens with zero attached hydrogens (tertiary/aromatic N) is 1. The minimum Gasteiger partial charge on any atom is -0.404 e. The Labute approximate surface area is 104 Å². The van der Waals surface area contributed by atoms with E-state index in [1.807, 2.05) is 0 Å². The monoisotopic (exact) mass is 253 g/mol. The van der Waals surface area contributed by atoms with Crippen LogP contribution in [0.4, 0.5) is 4.39 Å². The van der Waals surface area contributed by atoms with Gasteiger partial charge in [-0.2, -0.15) is 0 Å². The fourth-order valence-corrected chi connectivity index (χ4v) is 1.18. The van der Waals surface area contributed by atoms with Crippen molar-refractivity contribution in [1.29, 1.82) is 0 Å². The highest BCUT2D eigenvalue weighted by atomic mass is 35.5. The number of pyridine rings is 1. The number of aromatic nitrogens is 1. The predicted molar refractivity (Wildman–Crippen MR) is 62.8 cm³/mol. The summed E-state index contributed by atoms with van der Waals surface area (Å²) in [4.78, 5) is 15.4. The number of halogens is 2. The van der Waals surface area contributed by atoms with Gasteiger partial charge in [0.2, 0.25) is 5.88 Å². The quantitative estimate of drug-likeness (QED) is 0.773. The first-order valence-corrected chi connectivity index (χ1v) is 4.64. The summed E-state index contributed by atoms with van der Waals surface area (Å²) in [5.74, 6) is -0.912. The Morgan fingerprint density at radius 1 is 1.18 bits per heavy atom. The Bertz CT molecular complexity index is 505. The second-order valence-corrected chi connectivity index (χ2v) is 3.07. The number of esters is 1. The standard InChI is InChI=1S/C12H8FNO2.ClH/c13-10-5-3-4-9(8-10)12(15)16-11-6-1-2-7-14-11;/h1-8H;1H. The van der Waals surface area contributed by atoms with E-state index in [9.17, 15) is 9.18 Å². The maximum atomic E-state index is 12.8. The number of ether oxygens (including phenoxy) is 1. The fraction of sp³-hybridized carbons (Fsp3) is 0. The van der Waals surface area contributed by atoms with Crippen molar-refractivity contribution in [1.82, 2.24) is 4.98 Å². The number of hydrogen-bond donors (Lipinski definition) is 0. The summed E-state index contributed by atoms with van der Waals surface area (Å²) >= 11 is 0. The summed E-state index contributed by atoms with van der Waals surface area (Å²) in [5.41, 5.74) is 0.158. The molecule has 0 radical (unpaired) electrons. The third-order valence-electron chi connectivity index (χ3n) is 1.90. The molecule has 5 heteroatoms. The van der Waals surface area contributed by atoms with E-state index in [-0.39, 0.29) is 23.9 Å². The Hall–Kier alpha value is -1.94. The van der Waals surface area contributed by atoms with E-state index in [4.69, 9.17) is 4.74 Å². The van der Waals surface area contributed by atoms with Crippen LogP contribution in [-0.4, -0.2) is 11.0 Å². The van der Waals surface area contributed by atoms with Gasteiger partial charge in [0.25, 0.3) is 0 Å². The molecule has 0 unspecified atom stereocenters. The van der Waals surface area contributed by atoms with Crippen LogP contribution in [0.3, 0.4) is 0 Å². The summed E-state index contributed by atoms with van der Waals surface area (Å²) in [7, 11) is 0. The molecular formula is C12H9ClFNO2. The Balaban J connectivity index is 0.00000144. The minimum atomic E-state index is -0.627. The van der Waals surface area contributed by atoms with Gasteiger partial charge >= 0.3 is 5.97 Å². The third-order valence-corrected chi connectivity index (χ3v) is 1.90. The predicted octanol–water partition coefficient (Wildman–Crippen LogP) is 2.86. The van der Waals surface area contributed by atoms with E-state index in [1.165, 1.54) is 24.4 Å². The van der Waals surface area contributed by atoms with Crippen LogP contribution >= 0.6 is 12.4 Å². The average molecular weight is 254 g/mol. The van der Waals surface area contributed by atoms with Crippen LogP contribution in [0.2, 0.25) is 0 Å². The average Bonchev–Trinajstić information content (AvgIpc) is 2.30. The highest BCUT2D eigenvalue weighted by Gasteiger charge is 2.09. The smallest absolute Gasteiger partial charge is 0.344 e. The molecule has 0 spiro atoms. The molecule has 0 amide bonds. The molecule has 88 valence electrons. The molecule has 0 fully saturated rings. The molecule has 1 aromatic carbocycles. The maximum Gasteiger partial charge on any atom is 0.344 e. The molecule has 0 aliphatic heterocycles. The lowest BCUT2D eigenvalue weighted by atomic mass is 10.2. The lowest BCUT2D eigenvalue weighted by Crippen LogP contribution is -2.09. The molecule has 2 rings (SSSR count). The first-order chi connectivity index (χ1) is 7.75. The molecule has 0 N–H and O–H groups in total. The van der Waals surface area contributed by atoms with Crippen molar-refractivity contribution < 1.29 is 13.9 Å². The second kappa shape index (κ2) is 5.96. The second-order valence-electron chi connectivity index (χ2n) is 3.07. The van der Waals surface area contributed by atoms with Gasteiger partial charge in [-0.05, 0) is 24.3 Å². The normalized spacial score (nSPS) is 9.24. The molecule has 0 saturated heterocycles.